The zero-order valence-electron chi connectivity index (χ0n) is 18.7. The highest BCUT2D eigenvalue weighted by Crippen LogP contribution is 2.30. The lowest BCUT2D eigenvalue weighted by Gasteiger charge is -2.37. The van der Waals surface area contributed by atoms with Gasteiger partial charge in [-0.25, -0.2) is 9.38 Å². The molecule has 0 saturated heterocycles. The van der Waals surface area contributed by atoms with Crippen molar-refractivity contribution >= 4 is 29.4 Å². The predicted octanol–water partition coefficient (Wildman–Crippen LogP) is 4.43. The molecule has 32 heavy (non-hydrogen) atoms. The van der Waals surface area contributed by atoms with E-state index in [0.29, 0.717) is 11.1 Å². The fourth-order valence-electron chi connectivity index (χ4n) is 3.55. The summed E-state index contributed by atoms with van der Waals surface area (Å²) in [5, 5.41) is 3.11. The standard InChI is InChI=1S/C24H28ClFN4O2/c1-14(2)24(4)12-21(31)30(23(27)29-24)13-16-8-9-20(25)19(10-16)22(32)28-15(3)17-6-5-7-18(26)11-17/h5-11,14-15H,12-13H2,1-4H3,(H2,27,29)(H,28,32). The van der Waals surface area contributed by atoms with Gasteiger partial charge in [0, 0.05) is 0 Å². The van der Waals surface area contributed by atoms with Crippen molar-refractivity contribution in [3.05, 3.63) is 70.0 Å². The van der Waals surface area contributed by atoms with Crippen molar-refractivity contribution in [2.24, 2.45) is 16.6 Å². The molecule has 1 heterocycles. The Labute approximate surface area is 192 Å². The Bertz CT molecular complexity index is 1070. The van der Waals surface area contributed by atoms with Crippen LogP contribution in [0.2, 0.25) is 5.02 Å². The first kappa shape index (κ1) is 23.7. The smallest absolute Gasteiger partial charge is 0.253 e. The molecule has 1 aliphatic heterocycles. The maximum atomic E-state index is 13.5. The summed E-state index contributed by atoms with van der Waals surface area (Å²) in [6.07, 6.45) is 0.261. The molecule has 0 aromatic heterocycles. The van der Waals surface area contributed by atoms with Gasteiger partial charge in [-0.3, -0.25) is 14.5 Å². The van der Waals surface area contributed by atoms with Crippen molar-refractivity contribution in [2.75, 3.05) is 0 Å². The van der Waals surface area contributed by atoms with Crippen LogP contribution in [-0.4, -0.2) is 28.2 Å². The Morgan fingerprint density at radius 2 is 2.00 bits per heavy atom. The molecule has 2 unspecified atom stereocenters. The number of carbonyl (C=O) groups is 2. The molecule has 2 aromatic carbocycles. The molecule has 0 radical (unpaired) electrons. The van der Waals surface area contributed by atoms with E-state index in [1.807, 2.05) is 20.8 Å². The van der Waals surface area contributed by atoms with Crippen molar-refractivity contribution in [3.8, 4) is 0 Å². The number of halogens is 2. The quantitative estimate of drug-likeness (QED) is 0.671. The van der Waals surface area contributed by atoms with Crippen LogP contribution in [-0.2, 0) is 11.3 Å². The van der Waals surface area contributed by atoms with Crippen LogP contribution in [0.15, 0.2) is 47.5 Å². The first-order valence-electron chi connectivity index (χ1n) is 10.5. The lowest BCUT2D eigenvalue weighted by molar-refractivity contribution is -0.130. The number of amides is 2. The number of carbonyl (C=O) groups excluding carboxylic acids is 2. The maximum Gasteiger partial charge on any atom is 0.253 e. The number of hydrogen-bond acceptors (Lipinski definition) is 4. The van der Waals surface area contributed by atoms with Crippen LogP contribution in [0.1, 0.15) is 61.6 Å². The van der Waals surface area contributed by atoms with E-state index in [1.54, 1.807) is 37.3 Å². The van der Waals surface area contributed by atoms with E-state index in [-0.39, 0.29) is 47.2 Å². The fourth-order valence-corrected chi connectivity index (χ4v) is 3.76. The van der Waals surface area contributed by atoms with Gasteiger partial charge in [-0.15, -0.1) is 0 Å². The average Bonchev–Trinajstić information content (AvgIpc) is 2.71. The second-order valence-electron chi connectivity index (χ2n) is 8.70. The number of nitrogens with zero attached hydrogens (tertiary/aromatic N) is 2. The van der Waals surface area contributed by atoms with Gasteiger partial charge in [0.2, 0.25) is 5.91 Å². The molecule has 2 amide bonds. The van der Waals surface area contributed by atoms with E-state index in [1.165, 1.54) is 17.0 Å². The molecule has 0 aliphatic carbocycles. The number of nitrogens with one attached hydrogen (secondary N) is 1. The van der Waals surface area contributed by atoms with Gasteiger partial charge in [0.05, 0.1) is 35.1 Å². The normalized spacial score (nSPS) is 19.7. The monoisotopic (exact) mass is 458 g/mol. The fraction of sp³-hybridized carbons (Fsp3) is 0.375. The van der Waals surface area contributed by atoms with E-state index in [2.05, 4.69) is 10.3 Å². The zero-order chi connectivity index (χ0) is 23.6. The predicted molar refractivity (Wildman–Crippen MR) is 124 cm³/mol. The van der Waals surface area contributed by atoms with Crippen LogP contribution in [0.5, 0.6) is 0 Å². The third kappa shape index (κ3) is 5.10. The van der Waals surface area contributed by atoms with E-state index in [9.17, 15) is 14.0 Å². The molecule has 3 rings (SSSR count). The lowest BCUT2D eigenvalue weighted by Crippen LogP contribution is -2.51. The minimum Gasteiger partial charge on any atom is -0.369 e. The van der Waals surface area contributed by atoms with Gasteiger partial charge >= 0.3 is 0 Å². The van der Waals surface area contributed by atoms with E-state index < -0.39 is 17.5 Å². The molecule has 0 spiro atoms. The maximum absolute atomic E-state index is 13.5. The Hall–Kier alpha value is -2.93. The highest BCUT2D eigenvalue weighted by molar-refractivity contribution is 6.33. The summed E-state index contributed by atoms with van der Waals surface area (Å²) in [5.74, 6) is -0.555. The van der Waals surface area contributed by atoms with Gasteiger partial charge in [0.1, 0.15) is 5.82 Å². The molecule has 2 atom stereocenters. The van der Waals surface area contributed by atoms with Crippen molar-refractivity contribution in [1.29, 1.82) is 0 Å². The Morgan fingerprint density at radius 3 is 2.62 bits per heavy atom. The molecule has 170 valence electrons. The van der Waals surface area contributed by atoms with Crippen LogP contribution < -0.4 is 11.1 Å². The van der Waals surface area contributed by atoms with Crippen LogP contribution in [0.4, 0.5) is 4.39 Å². The summed E-state index contributed by atoms with van der Waals surface area (Å²) < 4.78 is 13.5. The third-order valence-corrected chi connectivity index (χ3v) is 6.34. The second kappa shape index (κ2) is 9.28. The molecule has 2 aromatic rings. The van der Waals surface area contributed by atoms with Crippen LogP contribution in [0.3, 0.4) is 0 Å². The molecular formula is C24H28ClFN4O2. The number of guanidine groups is 1. The SMILES string of the molecule is CC(NC(=O)c1cc(CN2C(=O)CC(C)(C(C)C)N=C2N)ccc1Cl)c1cccc(F)c1. The van der Waals surface area contributed by atoms with Gasteiger partial charge in [0.25, 0.3) is 5.91 Å². The number of nitrogens with two attached hydrogens (primary N) is 1. The highest BCUT2D eigenvalue weighted by Gasteiger charge is 2.38. The summed E-state index contributed by atoms with van der Waals surface area (Å²) in [5.41, 5.74) is 7.18. The highest BCUT2D eigenvalue weighted by atomic mass is 35.5. The number of rotatable bonds is 6. The first-order chi connectivity index (χ1) is 15.0. The summed E-state index contributed by atoms with van der Waals surface area (Å²) in [7, 11) is 0. The third-order valence-electron chi connectivity index (χ3n) is 6.01. The molecule has 8 heteroatoms. The van der Waals surface area contributed by atoms with Gasteiger partial charge in [-0.1, -0.05) is 43.6 Å². The lowest BCUT2D eigenvalue weighted by atomic mass is 9.84. The van der Waals surface area contributed by atoms with Crippen LogP contribution in [0.25, 0.3) is 0 Å². The largest absolute Gasteiger partial charge is 0.369 e. The average molecular weight is 459 g/mol. The van der Waals surface area contributed by atoms with Crippen molar-refractivity contribution in [1.82, 2.24) is 10.2 Å². The van der Waals surface area contributed by atoms with Crippen LogP contribution in [0, 0.1) is 11.7 Å². The van der Waals surface area contributed by atoms with Gasteiger partial charge in [-0.05, 0) is 55.2 Å². The number of aliphatic imine (C=N–C) groups is 1. The van der Waals surface area contributed by atoms with E-state index >= 15 is 0 Å². The molecule has 3 N–H and O–H groups in total. The summed E-state index contributed by atoms with van der Waals surface area (Å²) in [4.78, 5) is 31.6. The second-order valence-corrected chi connectivity index (χ2v) is 9.11. The summed E-state index contributed by atoms with van der Waals surface area (Å²) in [6, 6.07) is 10.6. The topological polar surface area (TPSA) is 87.8 Å². The van der Waals surface area contributed by atoms with E-state index in [4.69, 9.17) is 17.3 Å². The molecule has 0 fully saturated rings. The number of hydrogen-bond donors (Lipinski definition) is 2. The minimum atomic E-state index is -0.532. The number of benzene rings is 2. The van der Waals surface area contributed by atoms with Gasteiger partial charge in [0.15, 0.2) is 5.96 Å². The molecular weight excluding hydrogens is 431 g/mol. The molecule has 0 saturated carbocycles. The summed E-state index contributed by atoms with van der Waals surface area (Å²) >= 11 is 6.27. The van der Waals surface area contributed by atoms with Crippen LogP contribution >= 0.6 is 11.6 Å². The Kier molecular flexibility index (Phi) is 6.88. The molecule has 1 aliphatic rings. The van der Waals surface area contributed by atoms with E-state index in [0.717, 1.165) is 0 Å². The molecule has 0 bridgehead atoms. The summed E-state index contributed by atoms with van der Waals surface area (Å²) in [6.45, 7) is 7.88. The van der Waals surface area contributed by atoms with Crippen molar-refractivity contribution < 1.29 is 14.0 Å². The van der Waals surface area contributed by atoms with Gasteiger partial charge < -0.3 is 11.1 Å². The first-order valence-corrected chi connectivity index (χ1v) is 10.9. The molecule has 6 nitrogen and oxygen atoms in total. The van der Waals surface area contributed by atoms with Gasteiger partial charge in [-0.2, -0.15) is 0 Å². The Balaban J connectivity index is 1.78. The van der Waals surface area contributed by atoms with Crippen molar-refractivity contribution in [3.63, 3.8) is 0 Å². The zero-order valence-corrected chi connectivity index (χ0v) is 19.4. The minimum absolute atomic E-state index is 0.116. The van der Waals surface area contributed by atoms with Crippen molar-refractivity contribution in [2.45, 2.75) is 52.2 Å². The Morgan fingerprint density at radius 1 is 1.28 bits per heavy atom.